The van der Waals surface area contributed by atoms with Gasteiger partial charge in [-0.1, -0.05) is 35.9 Å². The molecule has 45 heavy (non-hydrogen) atoms. The Morgan fingerprint density at radius 3 is 2.51 bits per heavy atom. The van der Waals surface area contributed by atoms with Crippen LogP contribution in [0.1, 0.15) is 45.6 Å². The molecule has 0 spiro atoms. The number of nitriles is 1. The summed E-state index contributed by atoms with van der Waals surface area (Å²) >= 11 is 6.62. The fraction of sp³-hybridized carbons (Fsp3) is 0.400. The molecule has 6 rings (SSSR count). The van der Waals surface area contributed by atoms with Gasteiger partial charge in [0.05, 0.1) is 6.07 Å². The van der Waals surface area contributed by atoms with E-state index in [0.717, 1.165) is 23.6 Å². The Morgan fingerprint density at radius 2 is 1.82 bits per heavy atom. The first-order chi connectivity index (χ1) is 21.6. The van der Waals surface area contributed by atoms with Crippen LogP contribution >= 0.6 is 11.6 Å². The molecule has 2 unspecified atom stereocenters. The van der Waals surface area contributed by atoms with Gasteiger partial charge in [0, 0.05) is 55.0 Å². The molecule has 0 N–H and O–H groups in total. The number of benzene rings is 3. The minimum atomic E-state index is -0.589. The van der Waals surface area contributed by atoms with Crippen molar-refractivity contribution < 1.29 is 23.4 Å². The Kier molecular flexibility index (Phi) is 8.47. The average Bonchev–Trinajstić information content (AvgIpc) is 3.25. The molecule has 0 radical (unpaired) electrons. The third-order valence-corrected chi connectivity index (χ3v) is 8.63. The van der Waals surface area contributed by atoms with E-state index in [1.807, 2.05) is 63.2 Å². The third-order valence-electron chi connectivity index (χ3n) is 8.44. The summed E-state index contributed by atoms with van der Waals surface area (Å²) in [6.07, 6.45) is 1.95. The number of fused-ring (bicyclic) bond motifs is 4. The Morgan fingerprint density at radius 1 is 1.09 bits per heavy atom. The van der Waals surface area contributed by atoms with Crippen molar-refractivity contribution in [2.45, 2.75) is 64.1 Å². The van der Waals surface area contributed by atoms with Gasteiger partial charge in [0.1, 0.15) is 28.1 Å². The molecular weight excluding hydrogens is 595 g/mol. The number of hydrogen-bond donors (Lipinski definition) is 0. The van der Waals surface area contributed by atoms with Crippen molar-refractivity contribution in [3.05, 3.63) is 65.1 Å². The van der Waals surface area contributed by atoms with Gasteiger partial charge in [0.25, 0.3) is 0 Å². The molecule has 2 aliphatic heterocycles. The molecule has 3 heterocycles. The van der Waals surface area contributed by atoms with Gasteiger partial charge >= 0.3 is 6.09 Å². The number of piperazine rings is 1. The SMILES string of the molecule is COCOc1cc(-c2c(CCC#N)cc3c(N4C5CCC4CN(C(=O)OC(C)(C)C)C5)nc(Cl)cc3c2F)c2ccccc2c1. The third kappa shape index (κ3) is 6.09. The maximum atomic E-state index is 17.1. The smallest absolute Gasteiger partial charge is 0.410 e. The summed E-state index contributed by atoms with van der Waals surface area (Å²) < 4.78 is 33.7. The zero-order chi connectivity index (χ0) is 31.9. The van der Waals surface area contributed by atoms with E-state index in [1.165, 1.54) is 0 Å². The predicted octanol–water partition coefficient (Wildman–Crippen LogP) is 7.87. The van der Waals surface area contributed by atoms with Crippen LogP contribution in [0.15, 0.2) is 48.5 Å². The largest absolute Gasteiger partial charge is 0.468 e. The van der Waals surface area contributed by atoms with Gasteiger partial charge in [-0.15, -0.1) is 0 Å². The number of anilines is 1. The van der Waals surface area contributed by atoms with Gasteiger partial charge in [-0.05, 0) is 86.2 Å². The monoisotopic (exact) mass is 630 g/mol. The number of nitrogens with zero attached hydrogens (tertiary/aromatic N) is 4. The van der Waals surface area contributed by atoms with E-state index < -0.39 is 11.4 Å². The molecule has 4 aromatic rings. The number of amides is 1. The second-order valence-electron chi connectivity index (χ2n) is 12.7. The number of carbonyl (C=O) groups is 1. The van der Waals surface area contributed by atoms with Crippen LogP contribution in [0.2, 0.25) is 5.15 Å². The summed E-state index contributed by atoms with van der Waals surface area (Å²) in [6.45, 7) is 6.57. The van der Waals surface area contributed by atoms with Gasteiger partial charge in [-0.3, -0.25) is 0 Å². The highest BCUT2D eigenvalue weighted by Gasteiger charge is 2.44. The van der Waals surface area contributed by atoms with E-state index in [2.05, 4.69) is 11.0 Å². The predicted molar refractivity (Wildman–Crippen MR) is 173 cm³/mol. The molecule has 1 amide bonds. The number of pyridine rings is 1. The van der Waals surface area contributed by atoms with Crippen LogP contribution in [0.5, 0.6) is 5.75 Å². The van der Waals surface area contributed by atoms with Crippen LogP contribution in [0.4, 0.5) is 15.0 Å². The van der Waals surface area contributed by atoms with E-state index in [1.54, 1.807) is 18.1 Å². The Hall–Kier alpha value is -4.13. The molecule has 1 aromatic heterocycles. The number of hydrogen-bond acceptors (Lipinski definition) is 7. The number of rotatable bonds is 7. The van der Waals surface area contributed by atoms with Crippen LogP contribution in [0.25, 0.3) is 32.7 Å². The fourth-order valence-corrected chi connectivity index (χ4v) is 6.85. The maximum Gasteiger partial charge on any atom is 0.410 e. The van der Waals surface area contributed by atoms with Gasteiger partial charge in [0.2, 0.25) is 0 Å². The van der Waals surface area contributed by atoms with Crippen molar-refractivity contribution in [1.82, 2.24) is 9.88 Å². The summed E-state index contributed by atoms with van der Waals surface area (Å²) in [5.74, 6) is 0.712. The molecule has 0 aliphatic carbocycles. The van der Waals surface area contributed by atoms with Crippen molar-refractivity contribution >= 4 is 45.1 Å². The van der Waals surface area contributed by atoms with E-state index in [9.17, 15) is 10.1 Å². The molecule has 2 bridgehead atoms. The molecular formula is C35H36ClFN4O4. The average molecular weight is 631 g/mol. The molecule has 2 fully saturated rings. The highest BCUT2D eigenvalue weighted by atomic mass is 35.5. The highest BCUT2D eigenvalue weighted by Crippen LogP contribution is 2.44. The number of likely N-dealkylation sites (tertiary alicyclic amines) is 1. The van der Waals surface area contributed by atoms with Crippen molar-refractivity contribution in [3.63, 3.8) is 0 Å². The normalized spacial score (nSPS) is 18.0. The van der Waals surface area contributed by atoms with Crippen LogP contribution in [-0.4, -0.2) is 60.7 Å². The van der Waals surface area contributed by atoms with Crippen molar-refractivity contribution in [2.75, 3.05) is 31.9 Å². The lowest BCUT2D eigenvalue weighted by Crippen LogP contribution is -2.56. The molecule has 3 aromatic carbocycles. The molecule has 234 valence electrons. The van der Waals surface area contributed by atoms with Crippen LogP contribution in [0, 0.1) is 17.1 Å². The van der Waals surface area contributed by atoms with Gasteiger partial charge < -0.3 is 24.0 Å². The van der Waals surface area contributed by atoms with E-state index in [4.69, 9.17) is 30.8 Å². The number of methoxy groups -OCH3 is 1. The highest BCUT2D eigenvalue weighted by molar-refractivity contribution is 6.30. The first kappa shape index (κ1) is 30.9. The van der Waals surface area contributed by atoms with Crippen LogP contribution < -0.4 is 9.64 Å². The molecule has 2 aliphatic rings. The Balaban J connectivity index is 1.49. The first-order valence-electron chi connectivity index (χ1n) is 15.2. The van der Waals surface area contributed by atoms with Crippen LogP contribution in [-0.2, 0) is 15.9 Å². The van der Waals surface area contributed by atoms with Gasteiger partial charge in [0.15, 0.2) is 6.79 Å². The molecule has 0 saturated carbocycles. The molecule has 2 atom stereocenters. The summed E-state index contributed by atoms with van der Waals surface area (Å²) in [5, 5.41) is 12.4. The second kappa shape index (κ2) is 12.3. The standard InChI is InChI=1S/C35H36ClFN4O4/c1-35(2,3)45-34(42)40-18-23-11-12-24(19-40)41(23)33-29-15-22(9-7-13-38)31(32(37)28(29)17-30(36)39-33)27-16-25(44-20-43-4)14-21-8-5-6-10-26(21)27/h5-6,8,10,14-17,23-24H,7,9,11-12,18-20H2,1-4H3. The summed E-state index contributed by atoms with van der Waals surface area (Å²) in [6, 6.07) is 17.2. The zero-order valence-corrected chi connectivity index (χ0v) is 26.7. The van der Waals surface area contributed by atoms with Crippen molar-refractivity contribution in [1.29, 1.82) is 5.26 Å². The quantitative estimate of drug-likeness (QED) is 0.152. The van der Waals surface area contributed by atoms with E-state index >= 15 is 4.39 Å². The first-order valence-corrected chi connectivity index (χ1v) is 15.6. The topological polar surface area (TPSA) is 87.9 Å². The van der Waals surface area contributed by atoms with Crippen molar-refractivity contribution in [2.24, 2.45) is 0 Å². The number of halogens is 2. The second-order valence-corrected chi connectivity index (χ2v) is 13.1. The lowest BCUT2D eigenvalue weighted by atomic mass is 9.89. The van der Waals surface area contributed by atoms with E-state index in [-0.39, 0.29) is 36.5 Å². The van der Waals surface area contributed by atoms with Crippen LogP contribution in [0.3, 0.4) is 0 Å². The minimum absolute atomic E-state index is 0.0192. The zero-order valence-electron chi connectivity index (χ0n) is 25.9. The maximum absolute atomic E-state index is 17.1. The lowest BCUT2D eigenvalue weighted by molar-refractivity contribution is 0.0209. The van der Waals surface area contributed by atoms with Crippen molar-refractivity contribution in [3.8, 4) is 22.9 Å². The number of aromatic nitrogens is 1. The summed E-state index contributed by atoms with van der Waals surface area (Å²) in [7, 11) is 1.55. The molecule has 10 heteroatoms. The Bertz CT molecular complexity index is 1800. The number of ether oxygens (including phenoxy) is 3. The fourth-order valence-electron chi connectivity index (χ4n) is 6.66. The Labute approximate surface area is 267 Å². The minimum Gasteiger partial charge on any atom is -0.468 e. The van der Waals surface area contributed by atoms with E-state index in [0.29, 0.717) is 58.5 Å². The van der Waals surface area contributed by atoms with Gasteiger partial charge in [-0.2, -0.15) is 5.26 Å². The molecule has 8 nitrogen and oxygen atoms in total. The lowest BCUT2D eigenvalue weighted by Gasteiger charge is -2.42. The summed E-state index contributed by atoms with van der Waals surface area (Å²) in [5.41, 5.74) is 1.17. The molecule has 2 saturated heterocycles. The summed E-state index contributed by atoms with van der Waals surface area (Å²) in [4.78, 5) is 21.7. The van der Waals surface area contributed by atoms with Gasteiger partial charge in [-0.25, -0.2) is 14.2 Å². The number of aryl methyl sites for hydroxylation is 1. The number of carbonyl (C=O) groups excluding carboxylic acids is 1.